The molecule has 0 saturated heterocycles. The first kappa shape index (κ1) is 29.9. The van der Waals surface area contributed by atoms with Crippen molar-refractivity contribution >= 4 is 22.4 Å². The summed E-state index contributed by atoms with van der Waals surface area (Å²) in [4.78, 5) is 2.64. The fraction of sp³-hybridized carbons (Fsp3) is 0.120. The van der Waals surface area contributed by atoms with Gasteiger partial charge >= 0.3 is 0 Å². The summed E-state index contributed by atoms with van der Waals surface area (Å²) in [5, 5.41) is 0. The molecule has 1 heteroatoms. The third-order valence-corrected chi connectivity index (χ3v) is 11.7. The molecule has 4 unspecified atom stereocenters. The molecular weight excluding hydrogens is 615 g/mol. The Kier molecular flexibility index (Phi) is 6.96. The van der Waals surface area contributed by atoms with Gasteiger partial charge in [-0.25, -0.2) is 0 Å². The Morgan fingerprint density at radius 3 is 2.27 bits per heavy atom. The predicted octanol–water partition coefficient (Wildman–Crippen LogP) is 12.4. The summed E-state index contributed by atoms with van der Waals surface area (Å²) in [7, 11) is 0. The largest absolute Gasteiger partial charge is 0.334 e. The van der Waals surface area contributed by atoms with Gasteiger partial charge in [-0.15, -0.1) is 0 Å². The maximum absolute atomic E-state index is 4.51. The predicted molar refractivity (Wildman–Crippen MR) is 215 cm³/mol. The minimum Gasteiger partial charge on any atom is -0.334 e. The normalized spacial score (nSPS) is 22.1. The van der Waals surface area contributed by atoms with E-state index in [2.05, 4.69) is 188 Å². The van der Waals surface area contributed by atoms with Gasteiger partial charge in [-0.05, 0) is 109 Å². The molecule has 0 heterocycles. The Balaban J connectivity index is 1.13. The summed E-state index contributed by atoms with van der Waals surface area (Å²) >= 11 is 0. The van der Waals surface area contributed by atoms with Crippen LogP contribution in [0, 0.1) is 11.8 Å². The number of anilines is 1. The smallest absolute Gasteiger partial charge is 0.0559 e. The molecule has 244 valence electrons. The van der Waals surface area contributed by atoms with Gasteiger partial charge in [0, 0.05) is 23.2 Å². The van der Waals surface area contributed by atoms with Crippen molar-refractivity contribution in [1.29, 1.82) is 0 Å². The Morgan fingerprint density at radius 1 is 0.647 bits per heavy atom. The lowest BCUT2D eigenvalue weighted by molar-refractivity contribution is 0.511. The Labute approximate surface area is 301 Å². The molecule has 0 fully saturated rings. The highest BCUT2D eigenvalue weighted by molar-refractivity contribution is 6.01. The van der Waals surface area contributed by atoms with Gasteiger partial charge in [0.25, 0.3) is 0 Å². The average molecular weight is 654 g/mol. The number of hydrogen-bond donors (Lipinski definition) is 0. The van der Waals surface area contributed by atoms with Crippen molar-refractivity contribution in [3.8, 4) is 22.3 Å². The van der Waals surface area contributed by atoms with Crippen LogP contribution in [0.4, 0.5) is 5.69 Å². The Bertz CT molecular complexity index is 2440. The number of allylic oxidation sites excluding steroid dienone is 10. The van der Waals surface area contributed by atoms with Crippen LogP contribution in [-0.4, -0.2) is 6.04 Å². The standard InChI is InChI=1S/C50H39N/c1-32-13-10-16-36(34-14-4-3-5-15-34)30-49(32)51(40-28-38-18-12-24-46-43-22-8-9-23-44(43)48(31-40)50(38)46)39-19-11-17-35(27-39)37-25-26-45-42-21-7-6-20-41(42)33(2)47(45)29-37/h3-12,14-32,48-50H,2,13H2,1H3. The van der Waals surface area contributed by atoms with Crippen LogP contribution in [0.15, 0.2) is 188 Å². The molecule has 0 radical (unpaired) electrons. The molecule has 0 N–H and O–H groups in total. The van der Waals surface area contributed by atoms with E-state index < -0.39 is 0 Å². The van der Waals surface area contributed by atoms with E-state index in [1.54, 1.807) is 0 Å². The van der Waals surface area contributed by atoms with Crippen LogP contribution in [-0.2, 0) is 0 Å². The van der Waals surface area contributed by atoms with Crippen molar-refractivity contribution < 1.29 is 0 Å². The molecule has 0 saturated carbocycles. The fourth-order valence-electron chi connectivity index (χ4n) is 9.18. The third kappa shape index (κ3) is 4.83. The van der Waals surface area contributed by atoms with Gasteiger partial charge in [-0.1, -0.05) is 159 Å². The number of rotatable bonds is 5. The van der Waals surface area contributed by atoms with Gasteiger partial charge in [-0.3, -0.25) is 0 Å². The summed E-state index contributed by atoms with van der Waals surface area (Å²) in [6, 6.07) is 44.8. The van der Waals surface area contributed by atoms with E-state index in [0.717, 1.165) is 12.0 Å². The monoisotopic (exact) mass is 653 g/mol. The Morgan fingerprint density at radius 2 is 1.39 bits per heavy atom. The first-order valence-corrected chi connectivity index (χ1v) is 18.3. The zero-order valence-electron chi connectivity index (χ0n) is 28.8. The van der Waals surface area contributed by atoms with Gasteiger partial charge in [0.05, 0.1) is 6.04 Å². The average Bonchev–Trinajstić information content (AvgIpc) is 3.57. The molecule has 5 aromatic rings. The molecule has 0 aromatic heterocycles. The second kappa shape index (κ2) is 11.9. The van der Waals surface area contributed by atoms with E-state index in [-0.39, 0.29) is 6.04 Å². The lowest BCUT2D eigenvalue weighted by Crippen LogP contribution is -2.38. The van der Waals surface area contributed by atoms with Crippen molar-refractivity contribution in [2.45, 2.75) is 25.3 Å². The molecule has 0 amide bonds. The molecule has 10 rings (SSSR count). The summed E-state index contributed by atoms with van der Waals surface area (Å²) in [6.07, 6.45) is 20.2. The minimum absolute atomic E-state index is 0.138. The van der Waals surface area contributed by atoms with Crippen molar-refractivity contribution in [2.24, 2.45) is 11.8 Å². The SMILES string of the molecule is C=C1c2ccccc2-c2ccc(-c3cccc(N(C4=CC5c6ccccc6C6=CC=CC(=C4)C65)C4C=C(c5ccccc5)C=CCC4C)c3)cc21. The molecule has 4 atom stereocenters. The number of benzene rings is 5. The van der Waals surface area contributed by atoms with Crippen molar-refractivity contribution in [3.05, 3.63) is 216 Å². The first-order valence-electron chi connectivity index (χ1n) is 18.3. The number of hydrogen-bond acceptors (Lipinski definition) is 1. The molecule has 0 bridgehead atoms. The zero-order valence-corrected chi connectivity index (χ0v) is 28.8. The van der Waals surface area contributed by atoms with Crippen LogP contribution in [0.25, 0.3) is 39.0 Å². The van der Waals surface area contributed by atoms with Gasteiger partial charge in [0.2, 0.25) is 0 Å². The first-order chi connectivity index (χ1) is 25.1. The zero-order chi connectivity index (χ0) is 34.1. The number of nitrogens with zero attached hydrogens (tertiary/aromatic N) is 1. The third-order valence-electron chi connectivity index (χ3n) is 11.7. The summed E-state index contributed by atoms with van der Waals surface area (Å²) in [6.45, 7) is 6.92. The van der Waals surface area contributed by atoms with Crippen molar-refractivity contribution in [1.82, 2.24) is 0 Å². The van der Waals surface area contributed by atoms with E-state index in [0.29, 0.717) is 17.8 Å². The summed E-state index contributed by atoms with van der Waals surface area (Å²) in [5.41, 5.74) is 19.2. The van der Waals surface area contributed by atoms with Crippen LogP contribution in [0.5, 0.6) is 0 Å². The van der Waals surface area contributed by atoms with Crippen LogP contribution in [0.3, 0.4) is 0 Å². The van der Waals surface area contributed by atoms with E-state index in [1.165, 1.54) is 78.2 Å². The second-order valence-corrected chi connectivity index (χ2v) is 14.6. The highest BCUT2D eigenvalue weighted by Gasteiger charge is 2.41. The molecule has 51 heavy (non-hydrogen) atoms. The molecule has 0 aliphatic heterocycles. The second-order valence-electron chi connectivity index (χ2n) is 14.6. The molecule has 5 aromatic carbocycles. The quantitative estimate of drug-likeness (QED) is 0.179. The van der Waals surface area contributed by atoms with Crippen molar-refractivity contribution in [3.63, 3.8) is 0 Å². The molecule has 5 aliphatic carbocycles. The van der Waals surface area contributed by atoms with Crippen LogP contribution < -0.4 is 4.90 Å². The highest BCUT2D eigenvalue weighted by Crippen LogP contribution is 2.55. The van der Waals surface area contributed by atoms with Gasteiger partial charge in [-0.2, -0.15) is 0 Å². The molecule has 5 aliphatic rings. The molecular formula is C50H39N. The van der Waals surface area contributed by atoms with Crippen LogP contribution in [0.2, 0.25) is 0 Å². The van der Waals surface area contributed by atoms with Gasteiger partial charge < -0.3 is 4.90 Å². The van der Waals surface area contributed by atoms with Gasteiger partial charge in [0.15, 0.2) is 0 Å². The summed E-state index contributed by atoms with van der Waals surface area (Å²) < 4.78 is 0. The van der Waals surface area contributed by atoms with Crippen LogP contribution >= 0.6 is 0 Å². The minimum atomic E-state index is 0.138. The highest BCUT2D eigenvalue weighted by atomic mass is 15.2. The lowest BCUT2D eigenvalue weighted by atomic mass is 9.77. The van der Waals surface area contributed by atoms with E-state index in [9.17, 15) is 0 Å². The number of fused-ring (bicyclic) bond motifs is 6. The maximum Gasteiger partial charge on any atom is 0.0559 e. The van der Waals surface area contributed by atoms with Crippen molar-refractivity contribution in [2.75, 3.05) is 4.90 Å². The maximum atomic E-state index is 4.51. The van der Waals surface area contributed by atoms with E-state index in [4.69, 9.17) is 0 Å². The van der Waals surface area contributed by atoms with E-state index in [1.807, 2.05) is 0 Å². The van der Waals surface area contributed by atoms with Gasteiger partial charge in [0.1, 0.15) is 0 Å². The molecule has 1 nitrogen and oxygen atoms in total. The summed E-state index contributed by atoms with van der Waals surface area (Å²) in [5.74, 6) is 1.06. The fourth-order valence-corrected chi connectivity index (χ4v) is 9.18. The topological polar surface area (TPSA) is 3.24 Å². The van der Waals surface area contributed by atoms with E-state index >= 15 is 0 Å². The molecule has 0 spiro atoms. The van der Waals surface area contributed by atoms with Crippen LogP contribution in [0.1, 0.15) is 47.1 Å². The lowest BCUT2D eigenvalue weighted by Gasteiger charge is -2.39. The Hall–Kier alpha value is -5.92.